The van der Waals surface area contributed by atoms with Crippen LogP contribution < -0.4 is 5.32 Å². The van der Waals surface area contributed by atoms with Gasteiger partial charge in [-0.15, -0.1) is 11.8 Å². The first-order valence-electron chi connectivity index (χ1n) is 7.46. The number of thioether (sulfide) groups is 1. The Bertz CT molecular complexity index is 669. The third kappa shape index (κ3) is 3.89. The van der Waals surface area contributed by atoms with Gasteiger partial charge in [0.1, 0.15) is 5.82 Å². The summed E-state index contributed by atoms with van der Waals surface area (Å²) in [5.74, 6) is 0.136. The highest BCUT2D eigenvalue weighted by Gasteiger charge is 2.11. The van der Waals surface area contributed by atoms with Crippen LogP contribution in [0.4, 0.5) is 4.39 Å². The monoisotopic (exact) mass is 315 g/mol. The van der Waals surface area contributed by atoms with Gasteiger partial charge in [-0.3, -0.25) is 4.79 Å². The van der Waals surface area contributed by atoms with Crippen molar-refractivity contribution in [1.29, 1.82) is 0 Å². The molecule has 0 aliphatic heterocycles. The SMILES string of the molecule is O=C(CSc1ccc2c(c1)CCC2)NCc1ccc(F)cc1. The lowest BCUT2D eigenvalue weighted by Gasteiger charge is -2.07. The molecule has 0 saturated carbocycles. The molecule has 22 heavy (non-hydrogen) atoms. The Morgan fingerprint density at radius 3 is 2.68 bits per heavy atom. The van der Waals surface area contributed by atoms with Gasteiger partial charge < -0.3 is 5.32 Å². The zero-order valence-corrected chi connectivity index (χ0v) is 13.1. The van der Waals surface area contributed by atoms with Crippen molar-refractivity contribution in [1.82, 2.24) is 5.32 Å². The maximum Gasteiger partial charge on any atom is 0.230 e. The first-order chi connectivity index (χ1) is 10.7. The van der Waals surface area contributed by atoms with E-state index in [2.05, 4.69) is 23.5 Å². The minimum absolute atomic E-state index is 0.00479. The predicted octanol–water partition coefficient (Wildman–Crippen LogP) is 3.72. The second kappa shape index (κ2) is 6.97. The molecule has 0 spiro atoms. The van der Waals surface area contributed by atoms with Crippen LogP contribution >= 0.6 is 11.8 Å². The Hall–Kier alpha value is -1.81. The van der Waals surface area contributed by atoms with E-state index in [1.165, 1.54) is 36.1 Å². The van der Waals surface area contributed by atoms with E-state index < -0.39 is 0 Å². The fourth-order valence-electron chi connectivity index (χ4n) is 2.64. The first kappa shape index (κ1) is 15.1. The number of hydrogen-bond acceptors (Lipinski definition) is 2. The molecule has 1 aliphatic rings. The maximum atomic E-state index is 12.8. The summed E-state index contributed by atoms with van der Waals surface area (Å²) >= 11 is 1.56. The van der Waals surface area contributed by atoms with Crippen molar-refractivity contribution in [3.8, 4) is 0 Å². The number of aryl methyl sites for hydroxylation is 2. The Labute approximate surface area is 134 Å². The largest absolute Gasteiger partial charge is 0.351 e. The summed E-state index contributed by atoms with van der Waals surface area (Å²) in [4.78, 5) is 13.0. The zero-order chi connectivity index (χ0) is 15.4. The van der Waals surface area contributed by atoms with Crippen LogP contribution in [0.25, 0.3) is 0 Å². The number of rotatable bonds is 5. The molecule has 1 aliphatic carbocycles. The van der Waals surface area contributed by atoms with Crippen molar-refractivity contribution >= 4 is 17.7 Å². The molecule has 1 amide bonds. The average Bonchev–Trinajstić information content (AvgIpc) is 3.00. The number of carbonyl (C=O) groups excluding carboxylic acids is 1. The Morgan fingerprint density at radius 2 is 1.86 bits per heavy atom. The maximum absolute atomic E-state index is 12.8. The van der Waals surface area contributed by atoms with E-state index >= 15 is 0 Å². The van der Waals surface area contributed by atoms with Crippen LogP contribution in [0.3, 0.4) is 0 Å². The fraction of sp³-hybridized carbons (Fsp3) is 0.278. The van der Waals surface area contributed by atoms with Crippen LogP contribution in [-0.2, 0) is 24.2 Å². The van der Waals surface area contributed by atoms with E-state index in [9.17, 15) is 9.18 Å². The summed E-state index contributed by atoms with van der Waals surface area (Å²) in [6.45, 7) is 0.434. The highest BCUT2D eigenvalue weighted by Crippen LogP contribution is 2.27. The minimum atomic E-state index is -0.262. The molecule has 0 saturated heterocycles. The van der Waals surface area contributed by atoms with E-state index in [4.69, 9.17) is 0 Å². The van der Waals surface area contributed by atoms with Crippen LogP contribution in [0.2, 0.25) is 0 Å². The standard InChI is InChI=1S/C18H18FNOS/c19-16-7-4-13(5-8-16)11-20-18(21)12-22-17-9-6-14-2-1-3-15(14)10-17/h4-10H,1-3,11-12H2,(H,20,21). The van der Waals surface area contributed by atoms with Crippen molar-refractivity contribution in [2.24, 2.45) is 0 Å². The summed E-state index contributed by atoms with van der Waals surface area (Å²) in [6, 6.07) is 12.7. The van der Waals surface area contributed by atoms with Gasteiger partial charge in [-0.05, 0) is 60.2 Å². The van der Waals surface area contributed by atoms with Gasteiger partial charge in [0, 0.05) is 11.4 Å². The van der Waals surface area contributed by atoms with Gasteiger partial charge in [-0.25, -0.2) is 4.39 Å². The third-order valence-electron chi connectivity index (χ3n) is 3.84. The van der Waals surface area contributed by atoms with Gasteiger partial charge in [0.15, 0.2) is 0 Å². The van der Waals surface area contributed by atoms with E-state index in [0.717, 1.165) is 16.9 Å². The van der Waals surface area contributed by atoms with Crippen LogP contribution in [0, 0.1) is 5.82 Å². The molecular formula is C18H18FNOS. The predicted molar refractivity (Wildman–Crippen MR) is 87.4 cm³/mol. The first-order valence-corrected chi connectivity index (χ1v) is 8.45. The molecule has 0 radical (unpaired) electrons. The number of amides is 1. The topological polar surface area (TPSA) is 29.1 Å². The van der Waals surface area contributed by atoms with E-state index in [1.54, 1.807) is 23.9 Å². The van der Waals surface area contributed by atoms with Crippen LogP contribution in [-0.4, -0.2) is 11.7 Å². The van der Waals surface area contributed by atoms with Gasteiger partial charge in [-0.2, -0.15) is 0 Å². The van der Waals surface area contributed by atoms with Gasteiger partial charge in [0.25, 0.3) is 0 Å². The van der Waals surface area contributed by atoms with Crippen LogP contribution in [0.1, 0.15) is 23.1 Å². The smallest absolute Gasteiger partial charge is 0.230 e. The normalized spacial score (nSPS) is 13.0. The molecule has 0 unspecified atom stereocenters. The lowest BCUT2D eigenvalue weighted by molar-refractivity contribution is -0.118. The molecule has 0 bridgehead atoms. The summed E-state index contributed by atoms with van der Waals surface area (Å²) in [7, 11) is 0. The molecule has 0 heterocycles. The Morgan fingerprint density at radius 1 is 1.09 bits per heavy atom. The molecule has 4 heteroatoms. The van der Waals surface area contributed by atoms with Gasteiger partial charge in [-0.1, -0.05) is 18.2 Å². The van der Waals surface area contributed by atoms with E-state index in [1.807, 2.05) is 0 Å². The van der Waals surface area contributed by atoms with Crippen molar-refractivity contribution in [3.63, 3.8) is 0 Å². The lowest BCUT2D eigenvalue weighted by Crippen LogP contribution is -2.24. The molecule has 0 aromatic heterocycles. The highest BCUT2D eigenvalue weighted by molar-refractivity contribution is 8.00. The second-order valence-electron chi connectivity index (χ2n) is 5.48. The summed E-state index contributed by atoms with van der Waals surface area (Å²) in [5, 5.41) is 2.86. The van der Waals surface area contributed by atoms with Crippen molar-refractivity contribution < 1.29 is 9.18 Å². The molecule has 2 aromatic carbocycles. The molecule has 1 N–H and O–H groups in total. The van der Waals surface area contributed by atoms with Crippen molar-refractivity contribution in [2.75, 3.05) is 5.75 Å². The third-order valence-corrected chi connectivity index (χ3v) is 4.84. The molecule has 0 atom stereocenters. The average molecular weight is 315 g/mol. The van der Waals surface area contributed by atoms with Gasteiger partial charge >= 0.3 is 0 Å². The molecular weight excluding hydrogens is 297 g/mol. The Balaban J connectivity index is 1.47. The number of fused-ring (bicyclic) bond motifs is 1. The molecule has 114 valence electrons. The number of nitrogens with one attached hydrogen (secondary N) is 1. The molecule has 3 rings (SSSR count). The van der Waals surface area contributed by atoms with Crippen molar-refractivity contribution in [2.45, 2.75) is 30.7 Å². The Kier molecular flexibility index (Phi) is 4.78. The van der Waals surface area contributed by atoms with E-state index in [0.29, 0.717) is 12.3 Å². The number of carbonyl (C=O) groups is 1. The van der Waals surface area contributed by atoms with E-state index in [-0.39, 0.29) is 11.7 Å². The van der Waals surface area contributed by atoms with Crippen molar-refractivity contribution in [3.05, 3.63) is 65.0 Å². The lowest BCUT2D eigenvalue weighted by atomic mass is 10.1. The fourth-order valence-corrected chi connectivity index (χ4v) is 3.43. The highest BCUT2D eigenvalue weighted by atomic mass is 32.2. The molecule has 2 nitrogen and oxygen atoms in total. The minimum Gasteiger partial charge on any atom is -0.351 e. The second-order valence-corrected chi connectivity index (χ2v) is 6.52. The van der Waals surface area contributed by atoms with Crippen LogP contribution in [0.15, 0.2) is 47.4 Å². The molecule has 2 aromatic rings. The van der Waals surface area contributed by atoms with Gasteiger partial charge in [0.05, 0.1) is 5.75 Å². The summed E-state index contributed by atoms with van der Waals surface area (Å²) in [5.41, 5.74) is 3.78. The summed E-state index contributed by atoms with van der Waals surface area (Å²) < 4.78 is 12.8. The number of benzene rings is 2. The van der Waals surface area contributed by atoms with Gasteiger partial charge in [0.2, 0.25) is 5.91 Å². The zero-order valence-electron chi connectivity index (χ0n) is 12.3. The molecule has 0 fully saturated rings. The number of halogens is 1. The quantitative estimate of drug-likeness (QED) is 0.852. The van der Waals surface area contributed by atoms with Crippen LogP contribution in [0.5, 0.6) is 0 Å². The summed E-state index contributed by atoms with van der Waals surface area (Å²) in [6.07, 6.45) is 3.57. The number of hydrogen-bond donors (Lipinski definition) is 1.